The Bertz CT molecular complexity index is 284. The topological polar surface area (TPSA) is 25.8 Å². The highest BCUT2D eigenvalue weighted by Crippen LogP contribution is 2.19. The maximum absolute atomic E-state index is 5.68. The lowest BCUT2D eigenvalue weighted by atomic mass is 10.2. The Hall–Kier alpha value is -0.780. The molecule has 1 aromatic rings. The van der Waals surface area contributed by atoms with Crippen LogP contribution in [-0.2, 0) is 6.42 Å². The average molecular weight is 187 g/mol. The normalized spacial score (nSPS) is 9.18. The lowest BCUT2D eigenvalue weighted by molar-refractivity contribution is 1.10. The van der Waals surface area contributed by atoms with Crippen molar-refractivity contribution in [2.75, 3.05) is 0 Å². The number of hydrogen-bond acceptors (Lipinski definition) is 2. The molecular formula is C7H4Cl2N2. The minimum absolute atomic E-state index is 0.322. The van der Waals surface area contributed by atoms with Crippen LogP contribution < -0.4 is 0 Å². The van der Waals surface area contributed by atoms with E-state index in [-0.39, 0.29) is 0 Å². The van der Waals surface area contributed by atoms with Crippen molar-refractivity contribution < 1.29 is 0 Å². The molecule has 0 radical (unpaired) electrons. The Morgan fingerprint density at radius 3 is 2.36 bits per heavy atom. The van der Waals surface area contributed by atoms with E-state index in [2.05, 4.69) is 15.9 Å². The molecule has 4 heteroatoms. The summed E-state index contributed by atoms with van der Waals surface area (Å²) in [6.07, 6.45) is 6.73. The Labute approximate surface area is 74.6 Å². The Morgan fingerprint density at radius 2 is 1.91 bits per heavy atom. The highest BCUT2D eigenvalue weighted by atomic mass is 35.5. The minimum atomic E-state index is 0.322. The van der Waals surface area contributed by atoms with Crippen molar-refractivity contribution in [1.82, 2.24) is 9.97 Å². The van der Waals surface area contributed by atoms with Crippen molar-refractivity contribution in [2.24, 2.45) is 0 Å². The average Bonchev–Trinajstić information content (AvgIpc) is 1.97. The van der Waals surface area contributed by atoms with Crippen LogP contribution in [0.25, 0.3) is 0 Å². The van der Waals surface area contributed by atoms with Gasteiger partial charge in [-0.15, -0.1) is 12.3 Å². The molecule has 0 N–H and O–H groups in total. The highest BCUT2D eigenvalue weighted by Gasteiger charge is 2.04. The molecule has 0 unspecified atom stereocenters. The molecule has 0 aliphatic heterocycles. The van der Waals surface area contributed by atoms with E-state index in [0.29, 0.717) is 22.3 Å². The number of aromatic nitrogens is 2. The van der Waals surface area contributed by atoms with Crippen LogP contribution in [0.5, 0.6) is 0 Å². The lowest BCUT2D eigenvalue weighted by Gasteiger charge is -1.98. The van der Waals surface area contributed by atoms with E-state index in [1.54, 1.807) is 0 Å². The van der Waals surface area contributed by atoms with Gasteiger partial charge in [0.25, 0.3) is 0 Å². The van der Waals surface area contributed by atoms with E-state index in [1.165, 1.54) is 6.33 Å². The summed E-state index contributed by atoms with van der Waals surface area (Å²) in [6, 6.07) is 0. The molecule has 1 heterocycles. The van der Waals surface area contributed by atoms with Gasteiger partial charge in [0.05, 0.1) is 0 Å². The molecule has 0 spiro atoms. The molecule has 56 valence electrons. The third-order valence-electron chi connectivity index (χ3n) is 1.12. The zero-order valence-corrected chi connectivity index (χ0v) is 7.02. The van der Waals surface area contributed by atoms with Gasteiger partial charge in [-0.05, 0) is 0 Å². The standard InChI is InChI=1S/C7H4Cl2N2/c1-2-3-5-6(8)10-4-11-7(5)9/h1,4H,3H2. The zero-order valence-electron chi connectivity index (χ0n) is 5.51. The van der Waals surface area contributed by atoms with E-state index in [0.717, 1.165) is 0 Å². The van der Waals surface area contributed by atoms with Crippen LogP contribution in [0.15, 0.2) is 6.33 Å². The highest BCUT2D eigenvalue weighted by molar-refractivity contribution is 6.34. The number of terminal acetylenes is 1. The Kier molecular flexibility index (Phi) is 2.70. The number of nitrogens with zero attached hydrogens (tertiary/aromatic N) is 2. The second-order valence-electron chi connectivity index (χ2n) is 1.81. The van der Waals surface area contributed by atoms with Crippen LogP contribution in [-0.4, -0.2) is 9.97 Å². The monoisotopic (exact) mass is 186 g/mol. The molecule has 0 aromatic carbocycles. The first-order chi connectivity index (χ1) is 5.25. The Balaban J connectivity index is 3.12. The summed E-state index contributed by atoms with van der Waals surface area (Å²) in [5.74, 6) is 2.42. The third kappa shape index (κ3) is 1.83. The van der Waals surface area contributed by atoms with Gasteiger partial charge in [0.15, 0.2) is 0 Å². The van der Waals surface area contributed by atoms with Crippen LogP contribution in [0.1, 0.15) is 5.56 Å². The minimum Gasteiger partial charge on any atom is -0.224 e. The first-order valence-electron chi connectivity index (χ1n) is 2.84. The summed E-state index contributed by atoms with van der Waals surface area (Å²) >= 11 is 11.4. The Morgan fingerprint density at radius 1 is 1.36 bits per heavy atom. The van der Waals surface area contributed by atoms with Crippen molar-refractivity contribution in [3.05, 3.63) is 22.2 Å². The smallest absolute Gasteiger partial charge is 0.138 e. The molecule has 0 saturated carbocycles. The third-order valence-corrected chi connectivity index (χ3v) is 1.77. The molecule has 1 aromatic heterocycles. The number of rotatable bonds is 1. The molecule has 1 rings (SSSR count). The predicted octanol–water partition coefficient (Wildman–Crippen LogP) is 1.96. The summed E-state index contributed by atoms with van der Waals surface area (Å²) in [5, 5.41) is 0.644. The summed E-state index contributed by atoms with van der Waals surface area (Å²) in [5.41, 5.74) is 0.610. The molecule has 0 aliphatic carbocycles. The van der Waals surface area contributed by atoms with Crippen LogP contribution in [0.4, 0.5) is 0 Å². The molecule has 11 heavy (non-hydrogen) atoms. The maximum Gasteiger partial charge on any atom is 0.138 e. The fourth-order valence-corrected chi connectivity index (χ4v) is 1.07. The maximum atomic E-state index is 5.68. The second-order valence-corrected chi connectivity index (χ2v) is 2.53. The van der Waals surface area contributed by atoms with Gasteiger partial charge in [-0.25, -0.2) is 9.97 Å². The van der Waals surface area contributed by atoms with Gasteiger partial charge in [-0.3, -0.25) is 0 Å². The second kappa shape index (κ2) is 3.56. The van der Waals surface area contributed by atoms with Crippen molar-refractivity contribution in [3.63, 3.8) is 0 Å². The molecule has 0 atom stereocenters. The quantitative estimate of drug-likeness (QED) is 0.496. The van der Waals surface area contributed by atoms with Crippen LogP contribution in [0.2, 0.25) is 10.3 Å². The summed E-state index contributed by atoms with van der Waals surface area (Å²) in [4.78, 5) is 7.47. The molecule has 0 amide bonds. The SMILES string of the molecule is C#CCc1c(Cl)ncnc1Cl. The van der Waals surface area contributed by atoms with Gasteiger partial charge in [0, 0.05) is 12.0 Å². The van der Waals surface area contributed by atoms with Gasteiger partial charge >= 0.3 is 0 Å². The summed E-state index contributed by atoms with van der Waals surface area (Å²) in [7, 11) is 0. The van der Waals surface area contributed by atoms with E-state index in [9.17, 15) is 0 Å². The lowest BCUT2D eigenvalue weighted by Crippen LogP contribution is -1.91. The van der Waals surface area contributed by atoms with Crippen LogP contribution in [0, 0.1) is 12.3 Å². The number of halogens is 2. The van der Waals surface area contributed by atoms with Gasteiger partial charge in [0.2, 0.25) is 0 Å². The summed E-state index contributed by atoms with van der Waals surface area (Å²) in [6.45, 7) is 0. The summed E-state index contributed by atoms with van der Waals surface area (Å²) < 4.78 is 0. The fraction of sp³-hybridized carbons (Fsp3) is 0.143. The van der Waals surface area contributed by atoms with Gasteiger partial charge in [-0.2, -0.15) is 0 Å². The molecule has 0 fully saturated rings. The first kappa shape index (κ1) is 8.32. The molecular weight excluding hydrogens is 183 g/mol. The van der Waals surface area contributed by atoms with Crippen LogP contribution >= 0.6 is 23.2 Å². The molecule has 0 bridgehead atoms. The van der Waals surface area contributed by atoms with Crippen LogP contribution in [0.3, 0.4) is 0 Å². The zero-order chi connectivity index (χ0) is 8.27. The van der Waals surface area contributed by atoms with Gasteiger partial charge in [-0.1, -0.05) is 23.2 Å². The van der Waals surface area contributed by atoms with Crippen molar-refractivity contribution in [2.45, 2.75) is 6.42 Å². The van der Waals surface area contributed by atoms with Crippen molar-refractivity contribution in [1.29, 1.82) is 0 Å². The molecule has 2 nitrogen and oxygen atoms in total. The van der Waals surface area contributed by atoms with Crippen molar-refractivity contribution in [3.8, 4) is 12.3 Å². The first-order valence-corrected chi connectivity index (χ1v) is 3.59. The molecule has 0 saturated heterocycles. The predicted molar refractivity (Wildman–Crippen MR) is 44.6 cm³/mol. The van der Waals surface area contributed by atoms with E-state index >= 15 is 0 Å². The van der Waals surface area contributed by atoms with Gasteiger partial charge in [0.1, 0.15) is 16.6 Å². The van der Waals surface area contributed by atoms with E-state index in [1.807, 2.05) is 0 Å². The number of hydrogen-bond donors (Lipinski definition) is 0. The molecule has 0 aliphatic rings. The fourth-order valence-electron chi connectivity index (χ4n) is 0.619. The van der Waals surface area contributed by atoms with Crippen molar-refractivity contribution >= 4 is 23.2 Å². The largest absolute Gasteiger partial charge is 0.224 e. The van der Waals surface area contributed by atoms with Gasteiger partial charge < -0.3 is 0 Å². The van der Waals surface area contributed by atoms with E-state index in [4.69, 9.17) is 29.6 Å². The van der Waals surface area contributed by atoms with E-state index < -0.39 is 0 Å².